The molecule has 0 atom stereocenters. The van der Waals surface area contributed by atoms with Crippen molar-refractivity contribution in [1.82, 2.24) is 4.31 Å². The Hall–Kier alpha value is -3.91. The highest BCUT2D eigenvalue weighted by atomic mass is 32.2. The minimum absolute atomic E-state index is 0.0197. The van der Waals surface area contributed by atoms with Crippen molar-refractivity contribution in [2.75, 3.05) is 13.7 Å². The van der Waals surface area contributed by atoms with Crippen LogP contribution < -0.4 is 4.74 Å². The van der Waals surface area contributed by atoms with Crippen molar-refractivity contribution in [3.05, 3.63) is 101 Å². The van der Waals surface area contributed by atoms with Crippen LogP contribution in [-0.4, -0.2) is 38.1 Å². The topological polar surface area (TPSA) is 90.0 Å². The number of carbonyl (C=O) groups is 2. The zero-order chi connectivity index (χ0) is 23.6. The minimum atomic E-state index is -4.03. The van der Waals surface area contributed by atoms with E-state index >= 15 is 0 Å². The number of carbonyl (C=O) groups excluding carboxylic acids is 2. The van der Waals surface area contributed by atoms with Crippen LogP contribution in [0.1, 0.15) is 33.2 Å². The number of hydrogen-bond acceptors (Lipinski definition) is 6. The Morgan fingerprint density at radius 3 is 2.12 bits per heavy atom. The van der Waals surface area contributed by atoms with Gasteiger partial charge in [0.15, 0.2) is 5.76 Å². The van der Waals surface area contributed by atoms with E-state index < -0.39 is 21.8 Å². The number of likely N-dealkylation sites (N-methyl/N-ethyl adjacent to an activating group) is 1. The van der Waals surface area contributed by atoms with Gasteiger partial charge in [-0.15, -0.1) is 0 Å². The number of Topliss-reactive ketones (excluding diaryl/α,β-unsaturated/α-hetero) is 1. The van der Waals surface area contributed by atoms with Crippen LogP contribution in [-0.2, 0) is 14.8 Å². The van der Waals surface area contributed by atoms with Crippen LogP contribution in [0, 0.1) is 0 Å². The summed E-state index contributed by atoms with van der Waals surface area (Å²) >= 11 is 0. The van der Waals surface area contributed by atoms with Gasteiger partial charge in [0.1, 0.15) is 11.4 Å². The number of hydrogen-bond donors (Lipinski definition) is 0. The molecule has 1 aliphatic heterocycles. The molecule has 0 aliphatic carbocycles. The van der Waals surface area contributed by atoms with Gasteiger partial charge in [-0.1, -0.05) is 42.5 Å². The predicted molar refractivity (Wildman–Crippen MR) is 122 cm³/mol. The lowest BCUT2D eigenvalue weighted by Crippen LogP contribution is -2.38. The average Bonchev–Trinajstić information content (AvgIpc) is 2.85. The molecule has 7 nitrogen and oxygen atoms in total. The Kier molecular flexibility index (Phi) is 6.02. The van der Waals surface area contributed by atoms with E-state index in [1.807, 2.05) is 0 Å². The number of sulfonamides is 1. The zero-order valence-corrected chi connectivity index (χ0v) is 18.8. The van der Waals surface area contributed by atoms with E-state index in [4.69, 9.17) is 9.47 Å². The van der Waals surface area contributed by atoms with E-state index in [0.717, 1.165) is 4.31 Å². The van der Waals surface area contributed by atoms with E-state index in [1.54, 1.807) is 61.5 Å². The van der Waals surface area contributed by atoms with Crippen molar-refractivity contribution >= 4 is 27.5 Å². The Morgan fingerprint density at radius 2 is 1.48 bits per heavy atom. The van der Waals surface area contributed by atoms with E-state index in [2.05, 4.69) is 0 Å². The fraction of sp³-hybridized carbons (Fsp3) is 0.120. The minimum Gasteiger partial charge on any atom is -0.497 e. The molecule has 0 amide bonds. The molecular weight excluding hydrogens is 442 g/mol. The number of allylic oxidation sites excluding steroid dienone is 1. The zero-order valence-electron chi connectivity index (χ0n) is 18.0. The summed E-state index contributed by atoms with van der Waals surface area (Å²) in [5.74, 6) is -0.821. The first-order valence-corrected chi connectivity index (χ1v) is 11.6. The predicted octanol–water partition coefficient (Wildman–Crippen LogP) is 4.13. The normalized spacial score (nSPS) is 14.4. The number of benzene rings is 3. The summed E-state index contributed by atoms with van der Waals surface area (Å²) in [6.07, 6.45) is 0. The molecule has 4 rings (SSSR count). The molecule has 3 aromatic carbocycles. The monoisotopic (exact) mass is 463 g/mol. The van der Waals surface area contributed by atoms with Gasteiger partial charge in [0.25, 0.3) is 10.0 Å². The number of nitrogens with zero attached hydrogens (tertiary/aromatic N) is 1. The Balaban J connectivity index is 1.91. The number of esters is 1. The first-order chi connectivity index (χ1) is 15.9. The van der Waals surface area contributed by atoms with Crippen LogP contribution in [0.15, 0.2) is 89.5 Å². The highest BCUT2D eigenvalue weighted by molar-refractivity contribution is 7.89. The van der Waals surface area contributed by atoms with Gasteiger partial charge >= 0.3 is 5.97 Å². The maximum atomic E-state index is 13.5. The molecule has 8 heteroatoms. The second-order valence-electron chi connectivity index (χ2n) is 7.16. The molecule has 0 bridgehead atoms. The van der Waals surface area contributed by atoms with Crippen molar-refractivity contribution in [1.29, 1.82) is 0 Å². The lowest BCUT2D eigenvalue weighted by molar-refractivity contribution is 0.0685. The van der Waals surface area contributed by atoms with Crippen LogP contribution in [0.2, 0.25) is 0 Å². The highest BCUT2D eigenvalue weighted by Gasteiger charge is 2.41. The smallest absolute Gasteiger partial charge is 0.343 e. The number of ether oxygens (including phenoxy) is 2. The van der Waals surface area contributed by atoms with E-state index in [0.29, 0.717) is 5.75 Å². The third kappa shape index (κ3) is 4.01. The summed E-state index contributed by atoms with van der Waals surface area (Å²) < 4.78 is 38.5. The third-order valence-corrected chi connectivity index (χ3v) is 7.16. The molecule has 1 heterocycles. The summed E-state index contributed by atoms with van der Waals surface area (Å²) in [5, 5.41) is 0. The molecule has 168 valence electrons. The standard InChI is InChI=1S/C25H21NO6S/c1-3-26-22(23(27)17-9-5-4-6-10-17)24(20-11-7-8-12-21(20)33(26,29)30)32-25(28)18-13-15-19(31-2)16-14-18/h4-16H,3H2,1-2H3. The molecule has 0 radical (unpaired) electrons. The highest BCUT2D eigenvalue weighted by Crippen LogP contribution is 2.39. The molecule has 1 aliphatic rings. The Morgan fingerprint density at radius 1 is 0.848 bits per heavy atom. The van der Waals surface area contributed by atoms with E-state index in [9.17, 15) is 18.0 Å². The van der Waals surface area contributed by atoms with Crippen molar-refractivity contribution in [3.8, 4) is 5.75 Å². The summed E-state index contributed by atoms with van der Waals surface area (Å²) in [7, 11) is -2.52. The molecule has 0 saturated carbocycles. The molecule has 0 N–H and O–H groups in total. The maximum Gasteiger partial charge on any atom is 0.343 e. The van der Waals surface area contributed by atoms with Gasteiger partial charge in [0, 0.05) is 17.7 Å². The summed E-state index contributed by atoms with van der Waals surface area (Å²) in [5.41, 5.74) is 0.454. The van der Waals surface area contributed by atoms with E-state index in [1.165, 1.54) is 31.4 Å². The lowest BCUT2D eigenvalue weighted by atomic mass is 10.0. The molecule has 0 spiro atoms. The Bertz CT molecular complexity index is 1350. The fourth-order valence-corrected chi connectivity index (χ4v) is 5.28. The van der Waals surface area contributed by atoms with Gasteiger partial charge in [0.2, 0.25) is 5.78 Å². The molecule has 0 fully saturated rings. The Labute approximate surface area is 191 Å². The van der Waals surface area contributed by atoms with Gasteiger partial charge in [-0.05, 0) is 43.3 Å². The fourth-order valence-electron chi connectivity index (χ4n) is 3.61. The second kappa shape index (κ2) is 8.91. The van der Waals surface area contributed by atoms with Crippen molar-refractivity contribution in [3.63, 3.8) is 0 Å². The van der Waals surface area contributed by atoms with Gasteiger partial charge in [-0.2, -0.15) is 0 Å². The number of fused-ring (bicyclic) bond motifs is 1. The van der Waals surface area contributed by atoms with Crippen LogP contribution in [0.4, 0.5) is 0 Å². The quantitative estimate of drug-likeness (QED) is 0.403. The van der Waals surface area contributed by atoms with Gasteiger partial charge in [-0.3, -0.25) is 9.10 Å². The molecule has 3 aromatic rings. The molecule has 33 heavy (non-hydrogen) atoms. The van der Waals surface area contributed by atoms with Crippen LogP contribution in [0.5, 0.6) is 5.75 Å². The van der Waals surface area contributed by atoms with Gasteiger partial charge < -0.3 is 9.47 Å². The average molecular weight is 464 g/mol. The maximum absolute atomic E-state index is 13.5. The van der Waals surface area contributed by atoms with Crippen molar-refractivity contribution < 1.29 is 27.5 Å². The van der Waals surface area contributed by atoms with Crippen LogP contribution in [0.25, 0.3) is 5.76 Å². The summed E-state index contributed by atoms with van der Waals surface area (Å²) in [6, 6.07) is 20.7. The molecule has 0 unspecified atom stereocenters. The second-order valence-corrected chi connectivity index (χ2v) is 8.99. The van der Waals surface area contributed by atoms with Crippen molar-refractivity contribution in [2.24, 2.45) is 0 Å². The summed E-state index contributed by atoms with van der Waals surface area (Å²) in [4.78, 5) is 26.5. The van der Waals surface area contributed by atoms with Gasteiger partial charge in [-0.25, -0.2) is 13.2 Å². The van der Waals surface area contributed by atoms with Gasteiger partial charge in [0.05, 0.1) is 17.6 Å². The summed E-state index contributed by atoms with van der Waals surface area (Å²) in [6.45, 7) is 1.60. The number of rotatable bonds is 6. The van der Waals surface area contributed by atoms with Crippen LogP contribution in [0.3, 0.4) is 0 Å². The number of methoxy groups -OCH3 is 1. The first-order valence-electron chi connectivity index (χ1n) is 10.2. The molecular formula is C25H21NO6S. The SMILES string of the molecule is CCN1C(C(=O)c2ccccc2)=C(OC(=O)c2ccc(OC)cc2)c2ccccc2S1(=O)=O. The largest absolute Gasteiger partial charge is 0.497 e. The van der Waals surface area contributed by atoms with E-state index in [-0.39, 0.29) is 39.6 Å². The first kappa shape index (κ1) is 22.3. The third-order valence-electron chi connectivity index (χ3n) is 5.22. The lowest BCUT2D eigenvalue weighted by Gasteiger charge is -2.32. The molecule has 0 aromatic heterocycles. The molecule has 0 saturated heterocycles. The van der Waals surface area contributed by atoms with Crippen molar-refractivity contribution in [2.45, 2.75) is 11.8 Å². The van der Waals surface area contributed by atoms with Crippen LogP contribution >= 0.6 is 0 Å². The number of ketones is 1.